The molecule has 0 aliphatic rings. The van der Waals surface area contributed by atoms with Crippen LogP contribution < -0.4 is 5.32 Å². The molecule has 0 aromatic heterocycles. The Labute approximate surface area is 89.6 Å². The fraction of sp³-hybridized carbons (Fsp3) is 0.875. The van der Waals surface area contributed by atoms with Gasteiger partial charge < -0.3 is 15.2 Å². The number of hydrogen-bond acceptors (Lipinski definition) is 3. The molecule has 0 radical (unpaired) electrons. The normalized spacial score (nSPS) is 14.1. The summed E-state index contributed by atoms with van der Waals surface area (Å²) in [6.45, 7) is -1.75. The van der Waals surface area contributed by atoms with Gasteiger partial charge in [0.2, 0.25) is 0 Å². The Bertz CT molecular complexity index is 225. The molecule has 16 heavy (non-hydrogen) atoms. The van der Waals surface area contributed by atoms with Crippen LogP contribution in [-0.4, -0.2) is 49.7 Å². The Hall–Kier alpha value is -0.890. The Morgan fingerprint density at radius 2 is 2.06 bits per heavy atom. The maximum absolute atomic E-state index is 12.3. The summed E-state index contributed by atoms with van der Waals surface area (Å²) in [6.07, 6.45) is -3.86. The predicted molar refractivity (Wildman–Crippen MR) is 46.9 cm³/mol. The Morgan fingerprint density at radius 3 is 2.44 bits per heavy atom. The van der Waals surface area contributed by atoms with Crippen LogP contribution >= 0.6 is 0 Å². The van der Waals surface area contributed by atoms with Gasteiger partial charge in [0.25, 0.3) is 0 Å². The van der Waals surface area contributed by atoms with E-state index in [9.17, 15) is 22.4 Å². The summed E-state index contributed by atoms with van der Waals surface area (Å²) >= 11 is 0. The highest BCUT2D eigenvalue weighted by Gasteiger charge is 2.40. The van der Waals surface area contributed by atoms with Crippen LogP contribution in [0.2, 0.25) is 0 Å². The third kappa shape index (κ3) is 5.26. The zero-order chi connectivity index (χ0) is 12.8. The van der Waals surface area contributed by atoms with Crippen molar-refractivity contribution in [1.29, 1.82) is 0 Å². The van der Waals surface area contributed by atoms with E-state index < -0.39 is 31.0 Å². The van der Waals surface area contributed by atoms with Crippen LogP contribution in [-0.2, 0) is 9.53 Å². The summed E-state index contributed by atoms with van der Waals surface area (Å²) in [5, 5.41) is 10.9. The molecule has 0 aliphatic carbocycles. The van der Waals surface area contributed by atoms with E-state index in [0.29, 0.717) is 0 Å². The second-order valence-corrected chi connectivity index (χ2v) is 3.08. The molecule has 0 aromatic carbocycles. The molecule has 0 rings (SSSR count). The topological polar surface area (TPSA) is 58.6 Å². The van der Waals surface area contributed by atoms with E-state index in [-0.39, 0.29) is 13.0 Å². The zero-order valence-electron chi connectivity index (χ0n) is 8.55. The first-order valence-electron chi connectivity index (χ1n) is 4.45. The number of ether oxygens (including phenoxy) is 1. The Balaban J connectivity index is 3.79. The van der Waals surface area contributed by atoms with Crippen molar-refractivity contribution in [3.05, 3.63) is 0 Å². The van der Waals surface area contributed by atoms with Crippen LogP contribution in [0.15, 0.2) is 0 Å². The zero-order valence-corrected chi connectivity index (χ0v) is 8.55. The molecule has 0 aromatic rings. The van der Waals surface area contributed by atoms with E-state index in [0.717, 1.165) is 0 Å². The van der Waals surface area contributed by atoms with Crippen LogP contribution in [0.3, 0.4) is 0 Å². The molecule has 0 saturated heterocycles. The third-order valence-electron chi connectivity index (χ3n) is 1.81. The van der Waals surface area contributed by atoms with Crippen molar-refractivity contribution < 1.29 is 32.2 Å². The predicted octanol–water partition coefficient (Wildman–Crippen LogP) is 0.966. The first kappa shape index (κ1) is 15.1. The molecule has 0 fully saturated rings. The molecular weight excluding hydrogens is 234 g/mol. The van der Waals surface area contributed by atoms with Gasteiger partial charge in [-0.1, -0.05) is 0 Å². The minimum Gasteiger partial charge on any atom is -0.480 e. The number of alkyl halides is 4. The number of likely N-dealkylation sites (N-methyl/N-ethyl adjacent to an activating group) is 1. The fourth-order valence-corrected chi connectivity index (χ4v) is 0.864. The van der Waals surface area contributed by atoms with E-state index in [4.69, 9.17) is 5.11 Å². The number of carbonyl (C=O) groups is 1. The number of halogens is 4. The lowest BCUT2D eigenvalue weighted by atomic mass is 10.2. The van der Waals surface area contributed by atoms with Gasteiger partial charge in [0, 0.05) is 6.61 Å². The van der Waals surface area contributed by atoms with Crippen molar-refractivity contribution in [3.8, 4) is 0 Å². The molecule has 4 nitrogen and oxygen atoms in total. The van der Waals surface area contributed by atoms with E-state index in [1.165, 1.54) is 7.05 Å². The SMILES string of the molecule is CNC(CCOCC(F)(F)C(F)F)C(=O)O. The molecule has 0 spiro atoms. The average molecular weight is 247 g/mol. The van der Waals surface area contributed by atoms with E-state index in [1.807, 2.05) is 0 Å². The van der Waals surface area contributed by atoms with Gasteiger partial charge in [0.15, 0.2) is 0 Å². The molecule has 0 aliphatic heterocycles. The fourth-order valence-electron chi connectivity index (χ4n) is 0.864. The molecule has 0 heterocycles. The maximum Gasteiger partial charge on any atom is 0.330 e. The monoisotopic (exact) mass is 247 g/mol. The van der Waals surface area contributed by atoms with E-state index in [1.54, 1.807) is 0 Å². The molecule has 0 bridgehead atoms. The van der Waals surface area contributed by atoms with Gasteiger partial charge in [0.05, 0.1) is 0 Å². The second kappa shape index (κ2) is 6.64. The third-order valence-corrected chi connectivity index (χ3v) is 1.81. The maximum atomic E-state index is 12.3. The molecule has 0 saturated carbocycles. The summed E-state index contributed by atoms with van der Waals surface area (Å²) in [6, 6.07) is -0.944. The molecule has 1 atom stereocenters. The second-order valence-electron chi connectivity index (χ2n) is 3.08. The van der Waals surface area contributed by atoms with Crippen LogP contribution in [0.25, 0.3) is 0 Å². The highest BCUT2D eigenvalue weighted by atomic mass is 19.3. The van der Waals surface area contributed by atoms with Gasteiger partial charge in [0.1, 0.15) is 12.6 Å². The molecule has 2 N–H and O–H groups in total. The molecule has 96 valence electrons. The van der Waals surface area contributed by atoms with Crippen LogP contribution in [0.5, 0.6) is 0 Å². The molecule has 0 amide bonds. The first-order chi connectivity index (χ1) is 7.31. The van der Waals surface area contributed by atoms with E-state index in [2.05, 4.69) is 10.1 Å². The van der Waals surface area contributed by atoms with Crippen molar-refractivity contribution in [2.75, 3.05) is 20.3 Å². The summed E-state index contributed by atoms with van der Waals surface area (Å²) in [7, 11) is 1.38. The van der Waals surface area contributed by atoms with Crippen molar-refractivity contribution in [2.45, 2.75) is 24.8 Å². The molecular formula is C8H13F4NO3. The van der Waals surface area contributed by atoms with Crippen LogP contribution in [0, 0.1) is 0 Å². The quantitative estimate of drug-likeness (QED) is 0.495. The average Bonchev–Trinajstić information content (AvgIpc) is 2.16. The number of nitrogens with one attached hydrogen (secondary N) is 1. The van der Waals surface area contributed by atoms with Gasteiger partial charge >= 0.3 is 18.3 Å². The standard InChI is InChI=1S/C8H13F4NO3/c1-13-5(6(14)15)2-3-16-4-8(11,12)7(9)10/h5,7,13H,2-4H2,1H3,(H,14,15). The van der Waals surface area contributed by atoms with Crippen molar-refractivity contribution in [1.82, 2.24) is 5.32 Å². The van der Waals surface area contributed by atoms with Gasteiger partial charge in [-0.3, -0.25) is 4.79 Å². The lowest BCUT2D eigenvalue weighted by Crippen LogP contribution is -2.36. The van der Waals surface area contributed by atoms with Crippen molar-refractivity contribution in [3.63, 3.8) is 0 Å². The summed E-state index contributed by atoms with van der Waals surface area (Å²) < 4.78 is 52.2. The smallest absolute Gasteiger partial charge is 0.330 e. The lowest BCUT2D eigenvalue weighted by molar-refractivity contribution is -0.166. The Kier molecular flexibility index (Phi) is 6.27. The van der Waals surface area contributed by atoms with Gasteiger partial charge in [-0.2, -0.15) is 8.78 Å². The highest BCUT2D eigenvalue weighted by Crippen LogP contribution is 2.22. The summed E-state index contributed by atoms with van der Waals surface area (Å²) in [5.74, 6) is -5.36. The lowest BCUT2D eigenvalue weighted by Gasteiger charge is -2.16. The summed E-state index contributed by atoms with van der Waals surface area (Å²) in [4.78, 5) is 10.4. The number of carboxylic acids is 1. The van der Waals surface area contributed by atoms with Crippen LogP contribution in [0.1, 0.15) is 6.42 Å². The number of carboxylic acid groups (broad SMARTS) is 1. The van der Waals surface area contributed by atoms with Crippen molar-refractivity contribution in [2.24, 2.45) is 0 Å². The number of rotatable bonds is 8. The minimum absolute atomic E-state index is 0.0782. The van der Waals surface area contributed by atoms with Crippen LogP contribution in [0.4, 0.5) is 17.6 Å². The molecule has 8 heteroatoms. The van der Waals surface area contributed by atoms with Gasteiger partial charge in [-0.05, 0) is 13.5 Å². The summed E-state index contributed by atoms with van der Waals surface area (Å²) in [5.41, 5.74) is 0. The largest absolute Gasteiger partial charge is 0.480 e. The van der Waals surface area contributed by atoms with E-state index >= 15 is 0 Å². The number of hydrogen-bond donors (Lipinski definition) is 2. The van der Waals surface area contributed by atoms with Crippen molar-refractivity contribution >= 4 is 5.97 Å². The first-order valence-corrected chi connectivity index (χ1v) is 4.45. The minimum atomic E-state index is -4.20. The van der Waals surface area contributed by atoms with Gasteiger partial charge in [-0.25, -0.2) is 8.78 Å². The number of aliphatic carboxylic acids is 1. The Morgan fingerprint density at radius 1 is 1.50 bits per heavy atom. The molecule has 1 unspecified atom stereocenters. The highest BCUT2D eigenvalue weighted by molar-refractivity contribution is 5.73. The van der Waals surface area contributed by atoms with Gasteiger partial charge in [-0.15, -0.1) is 0 Å².